The molecule has 4 nitrogen and oxygen atoms in total. The zero-order valence-electron chi connectivity index (χ0n) is 11.2. The minimum Gasteiger partial charge on any atom is -0.508 e. The van der Waals surface area contributed by atoms with Gasteiger partial charge in [0.25, 0.3) is 0 Å². The maximum absolute atomic E-state index is 12.2. The van der Waals surface area contributed by atoms with Crippen LogP contribution in [0.25, 0.3) is 11.0 Å². The lowest BCUT2D eigenvalue weighted by molar-refractivity contribution is 0.0971. The van der Waals surface area contributed by atoms with Crippen molar-refractivity contribution in [2.24, 2.45) is 0 Å². The zero-order valence-corrected chi connectivity index (χ0v) is 11.2. The van der Waals surface area contributed by atoms with Crippen molar-refractivity contribution in [3.63, 3.8) is 0 Å². The number of hydrogen-bond acceptors (Lipinski definition) is 4. The molecule has 19 heavy (non-hydrogen) atoms. The summed E-state index contributed by atoms with van der Waals surface area (Å²) in [4.78, 5) is 14.1. The predicted octanol–water partition coefficient (Wildman–Crippen LogP) is 2.72. The molecule has 1 aromatic carbocycles. The quantitative estimate of drug-likeness (QED) is 0.901. The van der Waals surface area contributed by atoms with Gasteiger partial charge in [-0.1, -0.05) is 0 Å². The molecule has 0 saturated carbocycles. The molecule has 3 rings (SSSR count). The molecule has 0 aliphatic heterocycles. The van der Waals surface area contributed by atoms with E-state index in [4.69, 9.17) is 4.42 Å². The van der Waals surface area contributed by atoms with Gasteiger partial charge in [-0.15, -0.1) is 0 Å². The third-order valence-electron chi connectivity index (χ3n) is 3.57. The molecule has 0 fully saturated rings. The molecule has 100 valence electrons. The van der Waals surface area contributed by atoms with Crippen molar-refractivity contribution in [3.8, 4) is 5.75 Å². The van der Waals surface area contributed by atoms with Crippen LogP contribution in [0.4, 0.5) is 0 Å². The van der Waals surface area contributed by atoms with Gasteiger partial charge in [-0.05, 0) is 32.6 Å². The number of fused-ring (bicyclic) bond motifs is 3. The van der Waals surface area contributed by atoms with Crippen LogP contribution in [0.15, 0.2) is 16.5 Å². The van der Waals surface area contributed by atoms with Crippen LogP contribution in [0, 0.1) is 0 Å². The Hall–Kier alpha value is -1.81. The van der Waals surface area contributed by atoms with Crippen LogP contribution in [-0.4, -0.2) is 29.9 Å². The molecule has 1 aliphatic rings. The maximum Gasteiger partial charge on any atom is 0.167 e. The van der Waals surface area contributed by atoms with Crippen LogP contribution in [0.5, 0.6) is 5.75 Å². The number of carbonyl (C=O) groups is 1. The Morgan fingerprint density at radius 3 is 2.84 bits per heavy atom. The number of phenols is 1. The molecular weight excluding hydrogens is 242 g/mol. The predicted molar refractivity (Wildman–Crippen MR) is 72.5 cm³/mol. The molecule has 0 amide bonds. The minimum absolute atomic E-state index is 0.130. The molecule has 4 heteroatoms. The normalized spacial score (nSPS) is 15.2. The summed E-state index contributed by atoms with van der Waals surface area (Å²) in [7, 11) is 3.87. The molecule has 0 unspecified atom stereocenters. The monoisotopic (exact) mass is 259 g/mol. The van der Waals surface area contributed by atoms with Gasteiger partial charge in [-0.3, -0.25) is 4.79 Å². The summed E-state index contributed by atoms with van der Waals surface area (Å²) < 4.78 is 5.79. The number of carbonyl (C=O) groups excluding carboxylic acids is 1. The average Bonchev–Trinajstić information content (AvgIpc) is 2.72. The molecule has 0 spiro atoms. The number of phenolic OH excluding ortho intramolecular Hbond substituents is 1. The summed E-state index contributed by atoms with van der Waals surface area (Å²) in [6, 6.07) is 3.38. The second kappa shape index (κ2) is 4.38. The first-order valence-electron chi connectivity index (χ1n) is 6.52. The molecular formula is C15H17NO3. The lowest BCUT2D eigenvalue weighted by Gasteiger charge is -2.14. The van der Waals surface area contributed by atoms with Gasteiger partial charge >= 0.3 is 0 Å². The number of hydrogen-bond donors (Lipinski definition) is 1. The van der Waals surface area contributed by atoms with E-state index in [0.717, 1.165) is 29.6 Å². The van der Waals surface area contributed by atoms with Gasteiger partial charge in [0.1, 0.15) is 17.1 Å². The Morgan fingerprint density at radius 2 is 2.11 bits per heavy atom. The van der Waals surface area contributed by atoms with E-state index >= 15 is 0 Å². The number of rotatable bonds is 2. The molecule has 0 radical (unpaired) electrons. The van der Waals surface area contributed by atoms with Gasteiger partial charge < -0.3 is 14.4 Å². The standard InChI is InChI=1S/C15H17NO3/c1-16(2)8-9-10(17)6-7-13-14(9)15-11(18)4-3-5-12(15)19-13/h6-7,17H,3-5,8H2,1-2H3. The van der Waals surface area contributed by atoms with Crippen LogP contribution in [0.1, 0.15) is 34.5 Å². The zero-order chi connectivity index (χ0) is 13.6. The highest BCUT2D eigenvalue weighted by atomic mass is 16.3. The van der Waals surface area contributed by atoms with Crippen molar-refractivity contribution in [2.75, 3.05) is 14.1 Å². The Labute approximate surface area is 111 Å². The summed E-state index contributed by atoms with van der Waals surface area (Å²) >= 11 is 0. The number of nitrogens with zero attached hydrogens (tertiary/aromatic N) is 1. The van der Waals surface area contributed by atoms with E-state index in [9.17, 15) is 9.90 Å². The van der Waals surface area contributed by atoms with Crippen LogP contribution in [0.3, 0.4) is 0 Å². The Bertz CT molecular complexity index is 655. The average molecular weight is 259 g/mol. The van der Waals surface area contributed by atoms with Crippen molar-refractivity contribution in [3.05, 3.63) is 29.0 Å². The molecule has 2 aromatic rings. The van der Waals surface area contributed by atoms with E-state index in [1.807, 2.05) is 19.0 Å². The van der Waals surface area contributed by atoms with E-state index in [2.05, 4.69) is 0 Å². The third-order valence-corrected chi connectivity index (χ3v) is 3.57. The van der Waals surface area contributed by atoms with Gasteiger partial charge in [0.15, 0.2) is 5.78 Å². The highest BCUT2D eigenvalue weighted by molar-refractivity contribution is 6.10. The van der Waals surface area contributed by atoms with Gasteiger partial charge in [0, 0.05) is 30.3 Å². The fourth-order valence-electron chi connectivity index (χ4n) is 2.78. The largest absolute Gasteiger partial charge is 0.508 e. The van der Waals surface area contributed by atoms with Crippen LogP contribution >= 0.6 is 0 Å². The van der Waals surface area contributed by atoms with Crippen LogP contribution in [-0.2, 0) is 13.0 Å². The fourth-order valence-corrected chi connectivity index (χ4v) is 2.78. The van der Waals surface area contributed by atoms with Crippen LogP contribution in [0.2, 0.25) is 0 Å². The lowest BCUT2D eigenvalue weighted by Crippen LogP contribution is -2.13. The lowest BCUT2D eigenvalue weighted by atomic mass is 9.92. The van der Waals surface area contributed by atoms with E-state index in [-0.39, 0.29) is 11.5 Å². The number of furan rings is 1. The van der Waals surface area contributed by atoms with Crippen molar-refractivity contribution < 1.29 is 14.3 Å². The molecule has 0 bridgehead atoms. The van der Waals surface area contributed by atoms with Gasteiger partial charge in [0.05, 0.1) is 5.56 Å². The van der Waals surface area contributed by atoms with Crippen molar-refractivity contribution >= 4 is 16.8 Å². The summed E-state index contributed by atoms with van der Waals surface area (Å²) in [5.74, 6) is 1.13. The topological polar surface area (TPSA) is 53.7 Å². The summed E-state index contributed by atoms with van der Waals surface area (Å²) in [5, 5.41) is 10.9. The summed E-state index contributed by atoms with van der Waals surface area (Å²) in [6.45, 7) is 0.586. The van der Waals surface area contributed by atoms with Crippen molar-refractivity contribution in [2.45, 2.75) is 25.8 Å². The number of benzene rings is 1. The van der Waals surface area contributed by atoms with E-state index < -0.39 is 0 Å². The SMILES string of the molecule is CN(C)Cc1c(O)ccc2oc3c(c12)C(=O)CCC3. The third kappa shape index (κ3) is 1.92. The van der Waals surface area contributed by atoms with Gasteiger partial charge in [0.2, 0.25) is 0 Å². The molecule has 0 atom stereocenters. The van der Waals surface area contributed by atoms with Gasteiger partial charge in [-0.2, -0.15) is 0 Å². The number of aromatic hydroxyl groups is 1. The number of ketones is 1. The van der Waals surface area contributed by atoms with E-state index in [1.54, 1.807) is 12.1 Å². The Morgan fingerprint density at radius 1 is 1.32 bits per heavy atom. The van der Waals surface area contributed by atoms with Crippen molar-refractivity contribution in [1.29, 1.82) is 0 Å². The number of aryl methyl sites for hydroxylation is 1. The first-order chi connectivity index (χ1) is 9.08. The molecule has 1 N–H and O–H groups in total. The number of Topliss-reactive ketones (excluding diaryl/α,β-unsaturated/α-hetero) is 1. The first-order valence-corrected chi connectivity index (χ1v) is 6.52. The summed E-state index contributed by atoms with van der Waals surface area (Å²) in [5.41, 5.74) is 2.17. The van der Waals surface area contributed by atoms with E-state index in [0.29, 0.717) is 24.1 Å². The molecule has 1 aromatic heterocycles. The highest BCUT2D eigenvalue weighted by Crippen LogP contribution is 2.37. The van der Waals surface area contributed by atoms with Crippen molar-refractivity contribution in [1.82, 2.24) is 4.90 Å². The fraction of sp³-hybridized carbons (Fsp3) is 0.400. The molecule has 1 heterocycles. The summed E-state index contributed by atoms with van der Waals surface area (Å²) in [6.07, 6.45) is 2.22. The highest BCUT2D eigenvalue weighted by Gasteiger charge is 2.27. The van der Waals surface area contributed by atoms with E-state index in [1.165, 1.54) is 0 Å². The molecule has 0 saturated heterocycles. The second-order valence-electron chi connectivity index (χ2n) is 5.35. The maximum atomic E-state index is 12.2. The second-order valence-corrected chi connectivity index (χ2v) is 5.35. The smallest absolute Gasteiger partial charge is 0.167 e. The van der Waals surface area contributed by atoms with Crippen LogP contribution < -0.4 is 0 Å². The molecule has 1 aliphatic carbocycles. The minimum atomic E-state index is 0.130. The first kappa shape index (κ1) is 12.2. The van der Waals surface area contributed by atoms with Gasteiger partial charge in [-0.25, -0.2) is 0 Å². The Balaban J connectivity index is 2.31. The Kier molecular flexibility index (Phi) is 2.82.